The molecule has 1 saturated carbocycles. The van der Waals surface area contributed by atoms with Crippen molar-refractivity contribution in [1.82, 2.24) is 10.2 Å². The third kappa shape index (κ3) is 3.06. The third-order valence-corrected chi connectivity index (χ3v) is 5.10. The van der Waals surface area contributed by atoms with E-state index in [1.54, 1.807) is 24.3 Å². The monoisotopic (exact) mass is 330 g/mol. The SMILES string of the molecule is O=C(CCN1C(=O)c2ccccc2C1=O)NCC1(CO)CCCC1. The summed E-state index contributed by atoms with van der Waals surface area (Å²) >= 11 is 0. The molecule has 2 aliphatic rings. The fraction of sp³-hybridized carbons (Fsp3) is 0.500. The molecule has 1 fully saturated rings. The van der Waals surface area contributed by atoms with E-state index in [4.69, 9.17) is 0 Å². The molecular formula is C18H22N2O4. The van der Waals surface area contributed by atoms with Gasteiger partial charge in [-0.2, -0.15) is 0 Å². The highest BCUT2D eigenvalue weighted by atomic mass is 16.3. The number of hydrogen-bond acceptors (Lipinski definition) is 4. The Hall–Kier alpha value is -2.21. The number of fused-ring (bicyclic) bond motifs is 1. The third-order valence-electron chi connectivity index (χ3n) is 5.10. The predicted octanol–water partition coefficient (Wildman–Crippen LogP) is 1.34. The number of imide groups is 1. The molecule has 1 aliphatic carbocycles. The average molecular weight is 330 g/mol. The zero-order valence-electron chi connectivity index (χ0n) is 13.6. The number of nitrogens with one attached hydrogen (secondary N) is 1. The molecule has 1 aromatic rings. The van der Waals surface area contributed by atoms with Crippen LogP contribution in [0.3, 0.4) is 0 Å². The van der Waals surface area contributed by atoms with Crippen molar-refractivity contribution >= 4 is 17.7 Å². The maximum atomic E-state index is 12.2. The summed E-state index contributed by atoms with van der Waals surface area (Å²) in [6.45, 7) is 0.598. The van der Waals surface area contributed by atoms with E-state index in [1.807, 2.05) is 0 Å². The van der Waals surface area contributed by atoms with Crippen LogP contribution in [0.25, 0.3) is 0 Å². The second-order valence-electron chi connectivity index (χ2n) is 6.70. The maximum absolute atomic E-state index is 12.2. The quantitative estimate of drug-likeness (QED) is 0.771. The molecule has 6 nitrogen and oxygen atoms in total. The van der Waals surface area contributed by atoms with Gasteiger partial charge >= 0.3 is 0 Å². The van der Waals surface area contributed by atoms with Gasteiger partial charge in [-0.05, 0) is 25.0 Å². The van der Waals surface area contributed by atoms with Gasteiger partial charge in [0.05, 0.1) is 17.7 Å². The van der Waals surface area contributed by atoms with Crippen LogP contribution in [0.4, 0.5) is 0 Å². The van der Waals surface area contributed by atoms with Gasteiger partial charge in [-0.25, -0.2) is 0 Å². The van der Waals surface area contributed by atoms with Crippen LogP contribution >= 0.6 is 0 Å². The summed E-state index contributed by atoms with van der Waals surface area (Å²) in [7, 11) is 0. The number of amides is 3. The standard InChI is InChI=1S/C18H22N2O4/c21-12-18(8-3-4-9-18)11-19-15(22)7-10-20-16(23)13-5-1-2-6-14(13)17(20)24/h1-2,5-6,21H,3-4,7-12H2,(H,19,22). The molecule has 0 atom stereocenters. The Morgan fingerprint density at radius 2 is 1.71 bits per heavy atom. The summed E-state index contributed by atoms with van der Waals surface area (Å²) in [4.78, 5) is 37.6. The normalized spacial score (nSPS) is 18.8. The van der Waals surface area contributed by atoms with Crippen LogP contribution in [0.1, 0.15) is 52.8 Å². The van der Waals surface area contributed by atoms with E-state index in [0.29, 0.717) is 17.7 Å². The Morgan fingerprint density at radius 3 is 2.25 bits per heavy atom. The van der Waals surface area contributed by atoms with Crippen molar-refractivity contribution in [2.24, 2.45) is 5.41 Å². The molecule has 2 N–H and O–H groups in total. The first-order valence-corrected chi connectivity index (χ1v) is 8.39. The molecule has 1 heterocycles. The van der Waals surface area contributed by atoms with Crippen LogP contribution in [0.5, 0.6) is 0 Å². The van der Waals surface area contributed by atoms with Crippen molar-refractivity contribution in [1.29, 1.82) is 0 Å². The first-order chi connectivity index (χ1) is 11.6. The zero-order chi connectivity index (χ0) is 17.2. The van der Waals surface area contributed by atoms with Gasteiger partial charge in [-0.15, -0.1) is 0 Å². The number of nitrogens with zero attached hydrogens (tertiary/aromatic N) is 1. The topological polar surface area (TPSA) is 86.7 Å². The molecule has 3 rings (SSSR count). The minimum Gasteiger partial charge on any atom is -0.396 e. The first kappa shape index (κ1) is 16.6. The van der Waals surface area contributed by atoms with Crippen LogP contribution < -0.4 is 5.32 Å². The van der Waals surface area contributed by atoms with Gasteiger partial charge in [0.25, 0.3) is 11.8 Å². The second kappa shape index (κ2) is 6.73. The molecular weight excluding hydrogens is 308 g/mol. The van der Waals surface area contributed by atoms with Crippen molar-refractivity contribution in [3.8, 4) is 0 Å². The van der Waals surface area contributed by atoms with Crippen molar-refractivity contribution in [3.63, 3.8) is 0 Å². The van der Waals surface area contributed by atoms with Crippen molar-refractivity contribution in [3.05, 3.63) is 35.4 Å². The number of aliphatic hydroxyl groups excluding tert-OH is 1. The highest BCUT2D eigenvalue weighted by Crippen LogP contribution is 2.36. The summed E-state index contributed by atoms with van der Waals surface area (Å²) in [5.41, 5.74) is 0.590. The Balaban J connectivity index is 1.52. The van der Waals surface area contributed by atoms with Crippen LogP contribution in [0, 0.1) is 5.41 Å². The highest BCUT2D eigenvalue weighted by molar-refractivity contribution is 6.21. The van der Waals surface area contributed by atoms with E-state index in [2.05, 4.69) is 5.32 Å². The van der Waals surface area contributed by atoms with Gasteiger partial charge in [-0.3, -0.25) is 19.3 Å². The molecule has 0 saturated heterocycles. The summed E-state index contributed by atoms with van der Waals surface area (Å²) in [6.07, 6.45) is 4.06. The smallest absolute Gasteiger partial charge is 0.261 e. The van der Waals surface area contributed by atoms with Gasteiger partial charge in [-0.1, -0.05) is 25.0 Å². The molecule has 0 unspecified atom stereocenters. The lowest BCUT2D eigenvalue weighted by Crippen LogP contribution is -2.40. The molecule has 3 amide bonds. The van der Waals surface area contributed by atoms with E-state index in [9.17, 15) is 19.5 Å². The minimum atomic E-state index is -0.342. The van der Waals surface area contributed by atoms with E-state index < -0.39 is 0 Å². The Kier molecular flexibility index (Phi) is 4.66. The number of aliphatic hydroxyl groups is 1. The molecule has 0 aromatic heterocycles. The van der Waals surface area contributed by atoms with Gasteiger partial charge in [0.1, 0.15) is 0 Å². The number of carbonyl (C=O) groups is 3. The number of carbonyl (C=O) groups excluding carboxylic acids is 3. The van der Waals surface area contributed by atoms with E-state index >= 15 is 0 Å². The van der Waals surface area contributed by atoms with Crippen LogP contribution in [-0.2, 0) is 4.79 Å². The van der Waals surface area contributed by atoms with Gasteiger partial charge in [0.2, 0.25) is 5.91 Å². The maximum Gasteiger partial charge on any atom is 0.261 e. The van der Waals surface area contributed by atoms with Gasteiger partial charge in [0.15, 0.2) is 0 Å². The second-order valence-corrected chi connectivity index (χ2v) is 6.70. The van der Waals surface area contributed by atoms with Crippen LogP contribution in [0.2, 0.25) is 0 Å². The average Bonchev–Trinajstić information content (AvgIpc) is 3.17. The Labute approximate surface area is 140 Å². The summed E-state index contributed by atoms with van der Waals surface area (Å²) in [5.74, 6) is -0.886. The number of rotatable bonds is 6. The van der Waals surface area contributed by atoms with E-state index in [1.165, 1.54) is 0 Å². The van der Waals surface area contributed by atoms with E-state index in [0.717, 1.165) is 30.6 Å². The molecule has 24 heavy (non-hydrogen) atoms. The first-order valence-electron chi connectivity index (χ1n) is 8.39. The number of hydrogen-bond donors (Lipinski definition) is 2. The van der Waals surface area contributed by atoms with E-state index in [-0.39, 0.29) is 42.7 Å². The molecule has 1 aromatic carbocycles. The lowest BCUT2D eigenvalue weighted by molar-refractivity contribution is -0.121. The number of benzene rings is 1. The van der Waals surface area contributed by atoms with Crippen LogP contribution in [-0.4, -0.2) is 47.4 Å². The van der Waals surface area contributed by atoms with Crippen molar-refractivity contribution in [2.45, 2.75) is 32.1 Å². The fourth-order valence-electron chi connectivity index (χ4n) is 3.55. The molecule has 0 bridgehead atoms. The summed E-state index contributed by atoms with van der Waals surface area (Å²) < 4.78 is 0. The molecule has 0 radical (unpaired) electrons. The zero-order valence-corrected chi connectivity index (χ0v) is 13.6. The molecule has 0 spiro atoms. The fourth-order valence-corrected chi connectivity index (χ4v) is 3.55. The molecule has 1 aliphatic heterocycles. The highest BCUT2D eigenvalue weighted by Gasteiger charge is 2.36. The lowest BCUT2D eigenvalue weighted by atomic mass is 9.87. The van der Waals surface area contributed by atoms with Gasteiger partial charge < -0.3 is 10.4 Å². The van der Waals surface area contributed by atoms with Crippen LogP contribution in [0.15, 0.2) is 24.3 Å². The van der Waals surface area contributed by atoms with Crippen molar-refractivity contribution < 1.29 is 19.5 Å². The minimum absolute atomic E-state index is 0.0737. The molecule has 128 valence electrons. The lowest BCUT2D eigenvalue weighted by Gasteiger charge is -2.26. The van der Waals surface area contributed by atoms with Crippen molar-refractivity contribution in [2.75, 3.05) is 19.7 Å². The Morgan fingerprint density at radius 1 is 1.12 bits per heavy atom. The molecule has 6 heteroatoms. The summed E-state index contributed by atoms with van der Waals surface area (Å²) in [6, 6.07) is 6.69. The summed E-state index contributed by atoms with van der Waals surface area (Å²) in [5, 5.41) is 12.4. The predicted molar refractivity (Wildman–Crippen MR) is 87.4 cm³/mol. The largest absolute Gasteiger partial charge is 0.396 e. The van der Waals surface area contributed by atoms with Gasteiger partial charge in [0, 0.05) is 24.9 Å². The Bertz CT molecular complexity index is 630.